The maximum absolute atomic E-state index is 11.3. The van der Waals surface area contributed by atoms with Gasteiger partial charge in [0.2, 0.25) is 5.91 Å². The van der Waals surface area contributed by atoms with Crippen molar-refractivity contribution in [2.45, 2.75) is 18.9 Å². The predicted octanol–water partition coefficient (Wildman–Crippen LogP) is -1.35. The summed E-state index contributed by atoms with van der Waals surface area (Å²) in [4.78, 5) is 23.7. The number of imide groups is 1. The number of nitrogens with two attached hydrogens (primary N) is 1. The average molecular weight is 245 g/mol. The third kappa shape index (κ3) is 5.62. The summed E-state index contributed by atoms with van der Waals surface area (Å²) in [5, 5.41) is 10.7. The zero-order chi connectivity index (χ0) is 12.7. The van der Waals surface area contributed by atoms with Crippen molar-refractivity contribution in [1.29, 1.82) is 0 Å². The number of urea groups is 1. The van der Waals surface area contributed by atoms with Crippen LogP contribution in [-0.4, -0.2) is 60.9 Å². The Morgan fingerprint density at radius 1 is 1.53 bits per heavy atom. The van der Waals surface area contributed by atoms with E-state index in [2.05, 4.69) is 0 Å². The summed E-state index contributed by atoms with van der Waals surface area (Å²) in [6.45, 7) is 1.88. The number of piperidine rings is 1. The number of hydrogen-bond acceptors (Lipinski definition) is 5. The molecule has 1 unspecified atom stereocenters. The minimum atomic E-state index is -0.833. The number of hydrogen-bond donors (Lipinski definition) is 3. The van der Waals surface area contributed by atoms with Crippen LogP contribution < -0.4 is 11.1 Å². The molecule has 0 aromatic heterocycles. The van der Waals surface area contributed by atoms with Gasteiger partial charge in [0, 0.05) is 6.54 Å². The maximum atomic E-state index is 11.3. The van der Waals surface area contributed by atoms with Gasteiger partial charge in [-0.05, 0) is 19.4 Å². The van der Waals surface area contributed by atoms with Crippen molar-refractivity contribution in [1.82, 2.24) is 10.2 Å². The van der Waals surface area contributed by atoms with Crippen molar-refractivity contribution in [3.8, 4) is 0 Å². The monoisotopic (exact) mass is 245 g/mol. The summed E-state index contributed by atoms with van der Waals surface area (Å²) in [5.41, 5.74) is 4.85. The lowest BCUT2D eigenvalue weighted by Gasteiger charge is -2.31. The Labute approximate surface area is 99.9 Å². The van der Waals surface area contributed by atoms with Gasteiger partial charge in [-0.25, -0.2) is 4.79 Å². The number of primary amides is 1. The van der Waals surface area contributed by atoms with Crippen LogP contribution in [0.2, 0.25) is 0 Å². The molecule has 17 heavy (non-hydrogen) atoms. The van der Waals surface area contributed by atoms with Gasteiger partial charge >= 0.3 is 6.03 Å². The first-order chi connectivity index (χ1) is 8.11. The summed E-state index contributed by atoms with van der Waals surface area (Å²) in [7, 11) is 0. The molecule has 0 aliphatic carbocycles. The van der Waals surface area contributed by atoms with Crippen LogP contribution in [0.3, 0.4) is 0 Å². The molecular formula is C10H19N3O4. The molecule has 98 valence electrons. The lowest BCUT2D eigenvalue weighted by Crippen LogP contribution is -2.47. The van der Waals surface area contributed by atoms with Crippen LogP contribution in [0.25, 0.3) is 0 Å². The molecule has 1 aliphatic rings. The number of nitrogens with one attached hydrogen (secondary N) is 1. The SMILES string of the molecule is NC(=O)NC(=O)CN1CCCC(OCCO)C1. The van der Waals surface area contributed by atoms with Gasteiger partial charge < -0.3 is 15.6 Å². The lowest BCUT2D eigenvalue weighted by molar-refractivity contribution is -0.122. The summed E-state index contributed by atoms with van der Waals surface area (Å²) in [5.74, 6) is -0.402. The quantitative estimate of drug-likeness (QED) is 0.555. The van der Waals surface area contributed by atoms with Crippen LogP contribution in [0.15, 0.2) is 0 Å². The summed E-state index contributed by atoms with van der Waals surface area (Å²) >= 11 is 0. The van der Waals surface area contributed by atoms with E-state index in [1.807, 2.05) is 10.2 Å². The number of aliphatic hydroxyl groups excluding tert-OH is 1. The second-order valence-electron chi connectivity index (χ2n) is 4.01. The van der Waals surface area contributed by atoms with Crippen molar-refractivity contribution in [3.05, 3.63) is 0 Å². The first-order valence-electron chi connectivity index (χ1n) is 5.66. The highest BCUT2D eigenvalue weighted by atomic mass is 16.5. The van der Waals surface area contributed by atoms with Crippen LogP contribution in [0.4, 0.5) is 4.79 Å². The van der Waals surface area contributed by atoms with Crippen LogP contribution in [-0.2, 0) is 9.53 Å². The number of rotatable bonds is 5. The molecule has 1 saturated heterocycles. The number of carbonyl (C=O) groups excluding carboxylic acids is 2. The normalized spacial score (nSPS) is 21.1. The van der Waals surface area contributed by atoms with E-state index < -0.39 is 11.9 Å². The highest BCUT2D eigenvalue weighted by molar-refractivity contribution is 5.94. The second-order valence-corrected chi connectivity index (χ2v) is 4.01. The average Bonchev–Trinajstić information content (AvgIpc) is 2.25. The molecule has 0 saturated carbocycles. The fourth-order valence-corrected chi connectivity index (χ4v) is 1.89. The molecule has 7 heteroatoms. The predicted molar refractivity (Wildman–Crippen MR) is 60.2 cm³/mol. The van der Waals surface area contributed by atoms with E-state index in [1.54, 1.807) is 0 Å². The van der Waals surface area contributed by atoms with E-state index in [-0.39, 0.29) is 19.3 Å². The van der Waals surface area contributed by atoms with Gasteiger partial charge in [-0.2, -0.15) is 0 Å². The maximum Gasteiger partial charge on any atom is 0.318 e. The van der Waals surface area contributed by atoms with Crippen molar-refractivity contribution in [2.75, 3.05) is 32.8 Å². The summed E-state index contributed by atoms with van der Waals surface area (Å²) in [6, 6.07) is -0.833. The fourth-order valence-electron chi connectivity index (χ4n) is 1.89. The Hall–Kier alpha value is -1.18. The second kappa shape index (κ2) is 7.21. The minimum absolute atomic E-state index is 0.00133. The van der Waals surface area contributed by atoms with Crippen molar-refractivity contribution >= 4 is 11.9 Å². The molecule has 1 atom stereocenters. The Morgan fingerprint density at radius 3 is 2.94 bits per heavy atom. The number of carbonyl (C=O) groups is 2. The minimum Gasteiger partial charge on any atom is -0.394 e. The zero-order valence-electron chi connectivity index (χ0n) is 9.72. The molecule has 0 spiro atoms. The lowest BCUT2D eigenvalue weighted by atomic mass is 10.1. The topological polar surface area (TPSA) is 105 Å². The first-order valence-corrected chi connectivity index (χ1v) is 5.66. The highest BCUT2D eigenvalue weighted by Crippen LogP contribution is 2.12. The summed E-state index contributed by atoms with van der Waals surface area (Å²) in [6.07, 6.45) is 1.89. The van der Waals surface area contributed by atoms with Crippen LogP contribution in [0, 0.1) is 0 Å². The van der Waals surface area contributed by atoms with E-state index in [4.69, 9.17) is 15.6 Å². The largest absolute Gasteiger partial charge is 0.394 e. The van der Waals surface area contributed by atoms with Gasteiger partial charge in [-0.15, -0.1) is 0 Å². The van der Waals surface area contributed by atoms with E-state index in [0.29, 0.717) is 13.2 Å². The Balaban J connectivity index is 2.28. The third-order valence-corrected chi connectivity index (χ3v) is 2.54. The van der Waals surface area contributed by atoms with Crippen LogP contribution in [0.1, 0.15) is 12.8 Å². The van der Waals surface area contributed by atoms with E-state index in [9.17, 15) is 9.59 Å². The van der Waals surface area contributed by atoms with Gasteiger partial charge in [0.05, 0.1) is 25.9 Å². The van der Waals surface area contributed by atoms with E-state index >= 15 is 0 Å². The molecule has 7 nitrogen and oxygen atoms in total. The highest BCUT2D eigenvalue weighted by Gasteiger charge is 2.22. The van der Waals surface area contributed by atoms with Gasteiger partial charge in [0.1, 0.15) is 0 Å². The zero-order valence-corrected chi connectivity index (χ0v) is 9.72. The molecule has 0 bridgehead atoms. The standard InChI is InChI=1S/C10H19N3O4/c11-10(16)12-9(15)7-13-3-1-2-8(6-13)17-5-4-14/h8,14H,1-7H2,(H3,11,12,15,16). The molecule has 0 aromatic rings. The number of ether oxygens (including phenoxy) is 1. The number of amides is 3. The molecule has 0 aromatic carbocycles. The van der Waals surface area contributed by atoms with E-state index in [1.165, 1.54) is 0 Å². The molecule has 4 N–H and O–H groups in total. The smallest absolute Gasteiger partial charge is 0.318 e. The van der Waals surface area contributed by atoms with Gasteiger partial charge in [-0.3, -0.25) is 15.0 Å². The summed E-state index contributed by atoms with van der Waals surface area (Å²) < 4.78 is 5.41. The number of nitrogens with zero attached hydrogens (tertiary/aromatic N) is 1. The first kappa shape index (κ1) is 13.9. The third-order valence-electron chi connectivity index (χ3n) is 2.54. The van der Waals surface area contributed by atoms with Crippen LogP contribution in [0.5, 0.6) is 0 Å². The molecule has 1 rings (SSSR count). The Kier molecular flexibility index (Phi) is 5.88. The van der Waals surface area contributed by atoms with E-state index in [0.717, 1.165) is 19.4 Å². The van der Waals surface area contributed by atoms with Crippen molar-refractivity contribution < 1.29 is 19.4 Å². The van der Waals surface area contributed by atoms with Gasteiger partial charge in [0.15, 0.2) is 0 Å². The van der Waals surface area contributed by atoms with Gasteiger partial charge in [-0.1, -0.05) is 0 Å². The molecule has 1 fully saturated rings. The molecule has 1 heterocycles. The Morgan fingerprint density at radius 2 is 2.29 bits per heavy atom. The van der Waals surface area contributed by atoms with Gasteiger partial charge in [0.25, 0.3) is 0 Å². The Bertz CT molecular complexity index is 272. The molecular weight excluding hydrogens is 226 g/mol. The van der Waals surface area contributed by atoms with Crippen LogP contribution >= 0.6 is 0 Å². The molecule has 0 radical (unpaired) electrons. The molecule has 1 aliphatic heterocycles. The van der Waals surface area contributed by atoms with Crippen molar-refractivity contribution in [2.24, 2.45) is 5.73 Å². The number of aliphatic hydroxyl groups is 1. The molecule has 3 amide bonds. The number of likely N-dealkylation sites (tertiary alicyclic amines) is 1. The fraction of sp³-hybridized carbons (Fsp3) is 0.800. The van der Waals surface area contributed by atoms with Crippen molar-refractivity contribution in [3.63, 3.8) is 0 Å².